The summed E-state index contributed by atoms with van der Waals surface area (Å²) in [5.41, 5.74) is 0. The maximum atomic E-state index is 8.63. The van der Waals surface area contributed by atoms with Gasteiger partial charge in [0, 0.05) is 0 Å². The number of ether oxygens (including phenoxy) is 1. The molecule has 2 heterocycles. The second-order valence-corrected chi connectivity index (χ2v) is 3.16. The summed E-state index contributed by atoms with van der Waals surface area (Å²) in [6.45, 7) is 0. The lowest BCUT2D eigenvalue weighted by molar-refractivity contribution is 0.0935. The van der Waals surface area contributed by atoms with E-state index in [-0.39, 0.29) is 24.0 Å². The van der Waals surface area contributed by atoms with Gasteiger partial charge in [-0.05, 0) is 12.8 Å². The first-order valence-corrected chi connectivity index (χ1v) is 3.80. The van der Waals surface area contributed by atoms with Crippen LogP contribution in [0.1, 0.15) is 12.8 Å². The normalized spacial score (nSPS) is 46.7. The molecule has 0 saturated carbocycles. The number of hydrogen-bond acceptors (Lipinski definition) is 3. The standard InChI is InChI=1S/C8H8N2O/c9-3-5-1-7-6(4-10)2-8(5)11-7/h5-8H,1-2H2/t5?,6?,7-,8-/m1/s1. The van der Waals surface area contributed by atoms with Crippen LogP contribution in [0.5, 0.6) is 0 Å². The van der Waals surface area contributed by atoms with Crippen molar-refractivity contribution in [1.82, 2.24) is 0 Å². The summed E-state index contributed by atoms with van der Waals surface area (Å²) in [6, 6.07) is 4.41. The minimum Gasteiger partial charge on any atom is -0.372 e. The highest BCUT2D eigenvalue weighted by atomic mass is 16.5. The van der Waals surface area contributed by atoms with Crippen molar-refractivity contribution < 1.29 is 4.74 Å². The zero-order valence-electron chi connectivity index (χ0n) is 6.03. The Balaban J connectivity index is 2.11. The summed E-state index contributed by atoms with van der Waals surface area (Å²) in [5.74, 6) is 0.0919. The molecule has 4 atom stereocenters. The van der Waals surface area contributed by atoms with E-state index in [2.05, 4.69) is 12.1 Å². The van der Waals surface area contributed by atoms with Crippen LogP contribution in [0, 0.1) is 34.5 Å². The maximum Gasteiger partial charge on any atom is 0.0752 e. The third kappa shape index (κ3) is 0.818. The molecule has 0 aromatic heterocycles. The van der Waals surface area contributed by atoms with Gasteiger partial charge in [-0.15, -0.1) is 0 Å². The molecular formula is C8H8N2O. The summed E-state index contributed by atoms with van der Waals surface area (Å²) < 4.78 is 5.43. The van der Waals surface area contributed by atoms with Crippen LogP contribution >= 0.6 is 0 Å². The van der Waals surface area contributed by atoms with Gasteiger partial charge in [-0.2, -0.15) is 10.5 Å². The quantitative estimate of drug-likeness (QED) is 0.511. The van der Waals surface area contributed by atoms with Gasteiger partial charge in [0.2, 0.25) is 0 Å². The van der Waals surface area contributed by atoms with Gasteiger partial charge >= 0.3 is 0 Å². The van der Waals surface area contributed by atoms with Gasteiger partial charge in [0.15, 0.2) is 0 Å². The molecule has 0 spiro atoms. The molecule has 2 fully saturated rings. The molecule has 11 heavy (non-hydrogen) atoms. The lowest BCUT2D eigenvalue weighted by Gasteiger charge is -2.13. The summed E-state index contributed by atoms with van der Waals surface area (Å²) in [5, 5.41) is 17.3. The third-order valence-electron chi connectivity index (χ3n) is 2.55. The van der Waals surface area contributed by atoms with Gasteiger partial charge in [-0.3, -0.25) is 0 Å². The number of nitriles is 2. The maximum absolute atomic E-state index is 8.63. The molecule has 0 radical (unpaired) electrons. The SMILES string of the molecule is N#CC1C[C@H]2O[C@@H]1CC2C#N. The predicted molar refractivity (Wildman–Crippen MR) is 36.1 cm³/mol. The molecule has 2 unspecified atom stereocenters. The molecule has 2 saturated heterocycles. The third-order valence-corrected chi connectivity index (χ3v) is 2.55. The van der Waals surface area contributed by atoms with Gasteiger partial charge in [-0.1, -0.05) is 0 Å². The predicted octanol–water partition coefficient (Wildman–Crippen LogP) is 0.827. The van der Waals surface area contributed by atoms with E-state index in [0.717, 1.165) is 12.8 Å². The van der Waals surface area contributed by atoms with Gasteiger partial charge < -0.3 is 4.74 Å². The van der Waals surface area contributed by atoms with Crippen LogP contribution in [-0.2, 0) is 4.74 Å². The second kappa shape index (κ2) is 2.22. The first-order valence-electron chi connectivity index (χ1n) is 3.80. The highest BCUT2D eigenvalue weighted by Gasteiger charge is 2.47. The Bertz CT molecular complexity index is 224. The van der Waals surface area contributed by atoms with Gasteiger partial charge in [0.05, 0.1) is 36.2 Å². The zero-order chi connectivity index (χ0) is 7.84. The fourth-order valence-electron chi connectivity index (χ4n) is 1.93. The van der Waals surface area contributed by atoms with Crippen LogP contribution in [0.15, 0.2) is 0 Å². The van der Waals surface area contributed by atoms with Gasteiger partial charge in [0.25, 0.3) is 0 Å². The smallest absolute Gasteiger partial charge is 0.0752 e. The van der Waals surface area contributed by atoms with E-state index < -0.39 is 0 Å². The molecule has 2 bridgehead atoms. The van der Waals surface area contributed by atoms with E-state index in [1.807, 2.05) is 0 Å². The molecule has 3 nitrogen and oxygen atoms in total. The van der Waals surface area contributed by atoms with Crippen molar-refractivity contribution in [2.24, 2.45) is 11.8 Å². The molecular weight excluding hydrogens is 140 g/mol. The molecule has 0 amide bonds. The number of nitrogens with zero attached hydrogens (tertiary/aromatic N) is 2. The Kier molecular flexibility index (Phi) is 1.34. The Labute approximate surface area is 65.2 Å². The lowest BCUT2D eigenvalue weighted by atomic mass is 9.84. The van der Waals surface area contributed by atoms with Crippen molar-refractivity contribution in [3.05, 3.63) is 0 Å². The molecule has 0 aliphatic carbocycles. The van der Waals surface area contributed by atoms with E-state index in [1.54, 1.807) is 0 Å². The van der Waals surface area contributed by atoms with Crippen molar-refractivity contribution >= 4 is 0 Å². The largest absolute Gasteiger partial charge is 0.372 e. The van der Waals surface area contributed by atoms with E-state index in [0.29, 0.717) is 0 Å². The fourth-order valence-corrected chi connectivity index (χ4v) is 1.93. The van der Waals surface area contributed by atoms with Crippen molar-refractivity contribution in [1.29, 1.82) is 10.5 Å². The van der Waals surface area contributed by atoms with E-state index >= 15 is 0 Å². The van der Waals surface area contributed by atoms with Crippen molar-refractivity contribution in [3.8, 4) is 12.1 Å². The van der Waals surface area contributed by atoms with Crippen molar-refractivity contribution in [2.45, 2.75) is 25.0 Å². The van der Waals surface area contributed by atoms with E-state index in [1.165, 1.54) is 0 Å². The summed E-state index contributed by atoms with van der Waals surface area (Å²) in [4.78, 5) is 0. The van der Waals surface area contributed by atoms with Crippen LogP contribution in [0.4, 0.5) is 0 Å². The molecule has 0 N–H and O–H groups in total. The minimum absolute atomic E-state index is 0.0459. The van der Waals surface area contributed by atoms with E-state index in [9.17, 15) is 0 Å². The van der Waals surface area contributed by atoms with Crippen LogP contribution in [0.25, 0.3) is 0 Å². The number of fused-ring (bicyclic) bond motifs is 2. The molecule has 2 aliphatic rings. The lowest BCUT2D eigenvalue weighted by Crippen LogP contribution is -2.20. The monoisotopic (exact) mass is 148 g/mol. The van der Waals surface area contributed by atoms with Crippen molar-refractivity contribution in [2.75, 3.05) is 0 Å². The van der Waals surface area contributed by atoms with Crippen LogP contribution in [-0.4, -0.2) is 12.2 Å². The first kappa shape index (κ1) is 6.64. The van der Waals surface area contributed by atoms with E-state index in [4.69, 9.17) is 15.3 Å². The Morgan fingerprint density at radius 2 is 1.45 bits per heavy atom. The number of rotatable bonds is 0. The van der Waals surface area contributed by atoms with Crippen LogP contribution in [0.2, 0.25) is 0 Å². The Morgan fingerprint density at radius 3 is 1.73 bits per heavy atom. The number of hydrogen-bond donors (Lipinski definition) is 0. The van der Waals surface area contributed by atoms with Gasteiger partial charge in [0.1, 0.15) is 0 Å². The minimum atomic E-state index is 0.0459. The topological polar surface area (TPSA) is 56.8 Å². The van der Waals surface area contributed by atoms with Crippen LogP contribution in [0.3, 0.4) is 0 Å². The fraction of sp³-hybridized carbons (Fsp3) is 0.750. The molecule has 56 valence electrons. The molecule has 2 rings (SSSR count). The molecule has 3 heteroatoms. The van der Waals surface area contributed by atoms with Crippen molar-refractivity contribution in [3.63, 3.8) is 0 Å². The average Bonchev–Trinajstić information content (AvgIpc) is 2.60. The molecule has 0 aromatic carbocycles. The summed E-state index contributed by atoms with van der Waals surface area (Å²) >= 11 is 0. The van der Waals surface area contributed by atoms with Crippen LogP contribution < -0.4 is 0 Å². The second-order valence-electron chi connectivity index (χ2n) is 3.16. The molecule has 2 aliphatic heterocycles. The Hall–Kier alpha value is -1.06. The highest BCUT2D eigenvalue weighted by molar-refractivity contribution is 5.08. The Morgan fingerprint density at radius 1 is 1.00 bits per heavy atom. The zero-order valence-corrected chi connectivity index (χ0v) is 6.03. The highest BCUT2D eigenvalue weighted by Crippen LogP contribution is 2.41. The first-order chi connectivity index (χ1) is 5.35. The average molecular weight is 148 g/mol. The van der Waals surface area contributed by atoms with Gasteiger partial charge in [-0.25, -0.2) is 0 Å². The summed E-state index contributed by atoms with van der Waals surface area (Å²) in [6.07, 6.45) is 1.63. The summed E-state index contributed by atoms with van der Waals surface area (Å²) in [7, 11) is 0. The molecule has 0 aromatic rings.